The third-order valence-corrected chi connectivity index (χ3v) is 5.79. The summed E-state index contributed by atoms with van der Waals surface area (Å²) in [7, 11) is 0. The Morgan fingerprint density at radius 1 is 1.48 bits per heavy atom. The Morgan fingerprint density at radius 3 is 3.00 bits per heavy atom. The lowest BCUT2D eigenvalue weighted by Crippen LogP contribution is -2.34. The lowest BCUT2D eigenvalue weighted by Gasteiger charge is -2.27. The second-order valence-corrected chi connectivity index (χ2v) is 6.79. The van der Waals surface area contributed by atoms with Crippen molar-refractivity contribution in [3.05, 3.63) is 38.3 Å². The first-order chi connectivity index (χ1) is 10.1. The molecule has 1 N–H and O–H groups in total. The largest absolute Gasteiger partial charge is 0.316 e. The predicted octanol–water partition coefficient (Wildman–Crippen LogP) is 2.79. The van der Waals surface area contributed by atoms with E-state index >= 15 is 0 Å². The minimum atomic E-state index is -0.326. The van der Waals surface area contributed by atoms with E-state index in [2.05, 4.69) is 33.1 Å². The number of hydrogen-bond donors (Lipinski definition) is 1. The Labute approximate surface area is 133 Å². The van der Waals surface area contributed by atoms with Crippen LogP contribution in [0.1, 0.15) is 18.9 Å². The molecule has 2 aliphatic rings. The average molecular weight is 354 g/mol. The summed E-state index contributed by atoms with van der Waals surface area (Å²) in [6.07, 6.45) is 1.13. The summed E-state index contributed by atoms with van der Waals surface area (Å²) < 4.78 is 0.625. The Bertz CT molecular complexity index is 552. The molecular weight excluding hydrogens is 334 g/mol. The Kier molecular flexibility index (Phi) is 4.28. The molecule has 0 bridgehead atoms. The number of nitro groups is 1. The van der Waals surface area contributed by atoms with Crippen LogP contribution in [0.4, 0.5) is 5.69 Å². The van der Waals surface area contributed by atoms with Crippen molar-refractivity contribution in [2.75, 3.05) is 19.6 Å². The minimum Gasteiger partial charge on any atom is -0.316 e. The molecule has 21 heavy (non-hydrogen) atoms. The minimum absolute atomic E-state index is 0.154. The number of benzene rings is 1. The molecule has 2 heterocycles. The molecule has 0 aromatic heterocycles. The number of nitrogens with zero attached hydrogens (tertiary/aromatic N) is 2. The first-order valence-electron chi connectivity index (χ1n) is 7.48. The molecule has 5 nitrogen and oxygen atoms in total. The summed E-state index contributed by atoms with van der Waals surface area (Å²) in [5.74, 6) is 1.46. The Hall–Kier alpha value is -0.980. The molecule has 3 rings (SSSR count). The van der Waals surface area contributed by atoms with Crippen LogP contribution in [0.3, 0.4) is 0 Å². The molecule has 0 saturated carbocycles. The molecule has 3 unspecified atom stereocenters. The highest BCUT2D eigenvalue weighted by molar-refractivity contribution is 9.10. The summed E-state index contributed by atoms with van der Waals surface area (Å²) >= 11 is 3.41. The summed E-state index contributed by atoms with van der Waals surface area (Å²) in [5, 5.41) is 14.5. The van der Waals surface area contributed by atoms with Crippen LogP contribution in [-0.4, -0.2) is 35.5 Å². The molecule has 2 fully saturated rings. The standard InChI is InChI=1S/C15H20BrN3O2/c1-2-13-12-7-17-6-11(12)9-18(13)8-10-4-3-5-14(15(10)16)19(20)21/h3-5,11-13,17H,2,6-9H2,1H3. The van der Waals surface area contributed by atoms with Crippen LogP contribution in [0.2, 0.25) is 0 Å². The summed E-state index contributed by atoms with van der Waals surface area (Å²) in [6.45, 7) is 6.32. The second kappa shape index (κ2) is 6.02. The highest BCUT2D eigenvalue weighted by Crippen LogP contribution is 2.37. The maximum Gasteiger partial charge on any atom is 0.283 e. The van der Waals surface area contributed by atoms with Gasteiger partial charge in [-0.2, -0.15) is 0 Å². The van der Waals surface area contributed by atoms with E-state index in [-0.39, 0.29) is 10.6 Å². The van der Waals surface area contributed by atoms with Gasteiger partial charge in [0.15, 0.2) is 0 Å². The number of likely N-dealkylation sites (tertiary alicyclic amines) is 1. The molecule has 0 amide bonds. The fourth-order valence-corrected chi connectivity index (χ4v) is 4.44. The molecular formula is C15H20BrN3O2. The molecule has 1 aromatic carbocycles. The summed E-state index contributed by atoms with van der Waals surface area (Å²) in [5.41, 5.74) is 1.16. The van der Waals surface area contributed by atoms with E-state index in [4.69, 9.17) is 0 Å². The Morgan fingerprint density at radius 2 is 2.29 bits per heavy atom. The van der Waals surface area contributed by atoms with Crippen LogP contribution < -0.4 is 5.32 Å². The normalized spacial score (nSPS) is 28.8. The first-order valence-corrected chi connectivity index (χ1v) is 8.27. The van der Waals surface area contributed by atoms with Gasteiger partial charge in [-0.05, 0) is 52.8 Å². The molecule has 0 aliphatic carbocycles. The number of fused-ring (bicyclic) bond motifs is 1. The fraction of sp³-hybridized carbons (Fsp3) is 0.600. The smallest absolute Gasteiger partial charge is 0.283 e. The van der Waals surface area contributed by atoms with Gasteiger partial charge in [0.25, 0.3) is 5.69 Å². The highest BCUT2D eigenvalue weighted by Gasteiger charge is 2.43. The van der Waals surface area contributed by atoms with Crippen LogP contribution in [-0.2, 0) is 6.54 Å². The zero-order valence-corrected chi connectivity index (χ0v) is 13.7. The van der Waals surface area contributed by atoms with E-state index in [1.165, 1.54) is 0 Å². The average Bonchev–Trinajstić information content (AvgIpc) is 3.01. The van der Waals surface area contributed by atoms with Crippen molar-refractivity contribution in [1.29, 1.82) is 0 Å². The van der Waals surface area contributed by atoms with Gasteiger partial charge in [0.05, 0.1) is 9.40 Å². The van der Waals surface area contributed by atoms with Crippen molar-refractivity contribution in [3.8, 4) is 0 Å². The van der Waals surface area contributed by atoms with Gasteiger partial charge in [-0.1, -0.05) is 19.1 Å². The van der Waals surface area contributed by atoms with Gasteiger partial charge in [-0.25, -0.2) is 0 Å². The molecule has 2 aliphatic heterocycles. The van der Waals surface area contributed by atoms with Crippen molar-refractivity contribution in [2.24, 2.45) is 11.8 Å². The quantitative estimate of drug-likeness (QED) is 0.667. The molecule has 0 radical (unpaired) electrons. The van der Waals surface area contributed by atoms with Crippen LogP contribution in [0.15, 0.2) is 22.7 Å². The number of nitrogens with one attached hydrogen (secondary N) is 1. The van der Waals surface area contributed by atoms with E-state index in [9.17, 15) is 10.1 Å². The third-order valence-electron chi connectivity index (χ3n) is 4.87. The van der Waals surface area contributed by atoms with Gasteiger partial charge < -0.3 is 5.32 Å². The summed E-state index contributed by atoms with van der Waals surface area (Å²) in [6, 6.07) is 5.89. The molecule has 114 valence electrons. The van der Waals surface area contributed by atoms with Gasteiger partial charge in [-0.3, -0.25) is 15.0 Å². The molecule has 3 atom stereocenters. The van der Waals surface area contributed by atoms with Crippen molar-refractivity contribution < 1.29 is 4.92 Å². The van der Waals surface area contributed by atoms with Gasteiger partial charge in [0.1, 0.15) is 0 Å². The topological polar surface area (TPSA) is 58.4 Å². The molecule has 6 heteroatoms. The second-order valence-electron chi connectivity index (χ2n) is 5.99. The number of halogens is 1. The highest BCUT2D eigenvalue weighted by atomic mass is 79.9. The van der Waals surface area contributed by atoms with Gasteiger partial charge >= 0.3 is 0 Å². The lowest BCUT2D eigenvalue weighted by atomic mass is 9.93. The maximum atomic E-state index is 11.0. The zero-order chi connectivity index (χ0) is 15.0. The van der Waals surface area contributed by atoms with Crippen molar-refractivity contribution in [3.63, 3.8) is 0 Å². The van der Waals surface area contributed by atoms with Crippen molar-refractivity contribution >= 4 is 21.6 Å². The van der Waals surface area contributed by atoms with E-state index in [0.29, 0.717) is 10.5 Å². The fourth-order valence-electron chi connectivity index (χ4n) is 3.90. The molecule has 1 aromatic rings. The predicted molar refractivity (Wildman–Crippen MR) is 85.1 cm³/mol. The maximum absolute atomic E-state index is 11.0. The van der Waals surface area contributed by atoms with E-state index in [1.54, 1.807) is 12.1 Å². The number of rotatable bonds is 4. The SMILES string of the molecule is CCC1C2CNCC2CN1Cc1cccc([N+](=O)[O-])c1Br. The van der Waals surface area contributed by atoms with Crippen LogP contribution in [0.5, 0.6) is 0 Å². The van der Waals surface area contributed by atoms with Crippen molar-refractivity contribution in [1.82, 2.24) is 10.2 Å². The zero-order valence-electron chi connectivity index (χ0n) is 12.1. The van der Waals surface area contributed by atoms with Gasteiger partial charge in [0.2, 0.25) is 0 Å². The van der Waals surface area contributed by atoms with E-state index < -0.39 is 0 Å². The van der Waals surface area contributed by atoms with Crippen LogP contribution in [0.25, 0.3) is 0 Å². The molecule has 2 saturated heterocycles. The van der Waals surface area contributed by atoms with Gasteiger partial charge in [-0.15, -0.1) is 0 Å². The van der Waals surface area contributed by atoms with Crippen LogP contribution >= 0.6 is 15.9 Å². The van der Waals surface area contributed by atoms with E-state index in [0.717, 1.165) is 50.0 Å². The third kappa shape index (κ3) is 2.72. The monoisotopic (exact) mass is 353 g/mol. The van der Waals surface area contributed by atoms with Gasteiger partial charge in [0, 0.05) is 25.2 Å². The lowest BCUT2D eigenvalue weighted by molar-refractivity contribution is -0.385. The van der Waals surface area contributed by atoms with Crippen LogP contribution in [0, 0.1) is 22.0 Å². The summed E-state index contributed by atoms with van der Waals surface area (Å²) in [4.78, 5) is 13.2. The Balaban J connectivity index is 1.81. The van der Waals surface area contributed by atoms with E-state index in [1.807, 2.05) is 6.07 Å². The van der Waals surface area contributed by atoms with Crippen molar-refractivity contribution in [2.45, 2.75) is 25.9 Å². The number of nitro benzene ring substituents is 1. The number of hydrogen-bond acceptors (Lipinski definition) is 4. The first kappa shape index (κ1) is 14.9. The molecule has 0 spiro atoms.